The molecule has 2 aromatic rings. The summed E-state index contributed by atoms with van der Waals surface area (Å²) in [5.74, 6) is 0.482. The number of likely N-dealkylation sites (tertiary alicyclic amines) is 1. The van der Waals surface area contributed by atoms with Crippen LogP contribution in [0, 0.1) is 0 Å². The minimum absolute atomic E-state index is 0.0445. The topological polar surface area (TPSA) is 68.5 Å². The van der Waals surface area contributed by atoms with Crippen LogP contribution in [0.15, 0.2) is 48.7 Å². The summed E-state index contributed by atoms with van der Waals surface area (Å²) in [5.41, 5.74) is 7.82. The molecule has 2 N–H and O–H groups in total. The average molecular weight is 297 g/mol. The molecule has 0 spiro atoms. The molecule has 0 aliphatic carbocycles. The summed E-state index contributed by atoms with van der Waals surface area (Å²) in [6.07, 6.45) is 3.19. The van der Waals surface area contributed by atoms with Crippen molar-refractivity contribution in [1.82, 2.24) is 9.88 Å². The first-order valence-electron chi connectivity index (χ1n) is 7.43. The van der Waals surface area contributed by atoms with Gasteiger partial charge in [-0.2, -0.15) is 0 Å². The predicted molar refractivity (Wildman–Crippen MR) is 84.0 cm³/mol. The van der Waals surface area contributed by atoms with E-state index in [-0.39, 0.29) is 18.7 Å². The zero-order valence-corrected chi connectivity index (χ0v) is 12.3. The minimum atomic E-state index is -0.297. The molecule has 114 valence electrons. The van der Waals surface area contributed by atoms with Gasteiger partial charge in [0, 0.05) is 18.3 Å². The van der Waals surface area contributed by atoms with E-state index in [1.54, 1.807) is 11.1 Å². The number of aromatic nitrogens is 1. The summed E-state index contributed by atoms with van der Waals surface area (Å²) in [6, 6.07) is 13.4. The van der Waals surface area contributed by atoms with Crippen LogP contribution in [0.2, 0.25) is 0 Å². The predicted octanol–water partition coefficient (Wildman–Crippen LogP) is 3.14. The van der Waals surface area contributed by atoms with Crippen molar-refractivity contribution in [2.45, 2.75) is 25.5 Å². The van der Waals surface area contributed by atoms with Crippen LogP contribution in [0.3, 0.4) is 0 Å². The molecular formula is C17H19N3O2. The number of nitrogen functional groups attached to an aromatic ring is 1. The number of hydrogen-bond donors (Lipinski definition) is 1. The third kappa shape index (κ3) is 3.03. The number of pyridine rings is 1. The van der Waals surface area contributed by atoms with Gasteiger partial charge in [0.2, 0.25) is 0 Å². The molecule has 1 amide bonds. The monoisotopic (exact) mass is 297 g/mol. The molecule has 1 aromatic heterocycles. The molecule has 5 heteroatoms. The summed E-state index contributed by atoms with van der Waals surface area (Å²) in [7, 11) is 0. The molecule has 0 saturated carbocycles. The van der Waals surface area contributed by atoms with E-state index < -0.39 is 0 Å². The Bertz CT molecular complexity index is 645. The first kappa shape index (κ1) is 14.4. The quantitative estimate of drug-likeness (QED) is 0.945. The van der Waals surface area contributed by atoms with Crippen molar-refractivity contribution in [2.75, 3.05) is 12.3 Å². The highest BCUT2D eigenvalue weighted by Gasteiger charge is 2.32. The highest BCUT2D eigenvalue weighted by Crippen LogP contribution is 2.34. The lowest BCUT2D eigenvalue weighted by Crippen LogP contribution is -2.31. The third-order valence-electron chi connectivity index (χ3n) is 3.92. The number of anilines is 1. The van der Waals surface area contributed by atoms with Crippen LogP contribution in [0.4, 0.5) is 10.6 Å². The Morgan fingerprint density at radius 2 is 2.09 bits per heavy atom. The Kier molecular flexibility index (Phi) is 4.23. The number of carbonyl (C=O) groups is 1. The van der Waals surface area contributed by atoms with Gasteiger partial charge >= 0.3 is 6.09 Å². The maximum atomic E-state index is 12.4. The lowest BCUT2D eigenvalue weighted by molar-refractivity contribution is 0.0921. The largest absolute Gasteiger partial charge is 0.445 e. The van der Waals surface area contributed by atoms with E-state index in [4.69, 9.17) is 10.5 Å². The minimum Gasteiger partial charge on any atom is -0.445 e. The van der Waals surface area contributed by atoms with Crippen LogP contribution in [0.25, 0.3) is 0 Å². The van der Waals surface area contributed by atoms with Gasteiger partial charge in [-0.1, -0.05) is 36.4 Å². The maximum absolute atomic E-state index is 12.4. The number of benzene rings is 1. The Labute approximate surface area is 129 Å². The molecule has 1 fully saturated rings. The SMILES string of the molecule is Nc1ncccc1C1CCCN1C(=O)OCc1ccccc1. The number of nitrogens with zero attached hydrogens (tertiary/aromatic N) is 2. The number of carbonyl (C=O) groups excluding carboxylic acids is 1. The Morgan fingerprint density at radius 1 is 1.27 bits per heavy atom. The number of amides is 1. The van der Waals surface area contributed by atoms with Crippen molar-refractivity contribution in [1.29, 1.82) is 0 Å². The van der Waals surface area contributed by atoms with Crippen molar-refractivity contribution in [3.63, 3.8) is 0 Å². The number of nitrogens with two attached hydrogens (primary N) is 1. The average Bonchev–Trinajstić information content (AvgIpc) is 3.03. The standard InChI is InChI=1S/C17H19N3O2/c18-16-14(8-4-10-19-16)15-9-5-11-20(15)17(21)22-12-13-6-2-1-3-7-13/h1-4,6-8,10,15H,5,9,11-12H2,(H2,18,19). The first-order chi connectivity index (χ1) is 10.8. The lowest BCUT2D eigenvalue weighted by Gasteiger charge is -2.25. The Morgan fingerprint density at radius 3 is 2.86 bits per heavy atom. The van der Waals surface area contributed by atoms with Gasteiger partial charge in [-0.25, -0.2) is 9.78 Å². The fourth-order valence-electron chi connectivity index (χ4n) is 2.82. The van der Waals surface area contributed by atoms with E-state index in [9.17, 15) is 4.79 Å². The maximum Gasteiger partial charge on any atom is 0.410 e. The summed E-state index contributed by atoms with van der Waals surface area (Å²) < 4.78 is 5.43. The molecule has 0 radical (unpaired) electrons. The number of rotatable bonds is 3. The van der Waals surface area contributed by atoms with Crippen LogP contribution < -0.4 is 5.73 Å². The van der Waals surface area contributed by atoms with E-state index in [2.05, 4.69) is 4.98 Å². The molecular weight excluding hydrogens is 278 g/mol. The first-order valence-corrected chi connectivity index (χ1v) is 7.43. The Hall–Kier alpha value is -2.56. The van der Waals surface area contributed by atoms with E-state index in [1.807, 2.05) is 42.5 Å². The van der Waals surface area contributed by atoms with Crippen LogP contribution in [0.5, 0.6) is 0 Å². The molecule has 1 saturated heterocycles. The summed E-state index contributed by atoms with van der Waals surface area (Å²) in [6.45, 7) is 0.970. The van der Waals surface area contributed by atoms with Gasteiger partial charge in [-0.05, 0) is 24.5 Å². The smallest absolute Gasteiger partial charge is 0.410 e. The lowest BCUT2D eigenvalue weighted by atomic mass is 10.1. The van der Waals surface area contributed by atoms with Crippen molar-refractivity contribution in [3.8, 4) is 0 Å². The summed E-state index contributed by atoms with van der Waals surface area (Å²) in [4.78, 5) is 18.2. The molecule has 22 heavy (non-hydrogen) atoms. The van der Waals surface area contributed by atoms with Gasteiger partial charge in [0.25, 0.3) is 0 Å². The van der Waals surface area contributed by atoms with Crippen molar-refractivity contribution in [3.05, 3.63) is 59.8 Å². The van der Waals surface area contributed by atoms with Gasteiger partial charge in [-0.3, -0.25) is 0 Å². The highest BCUT2D eigenvalue weighted by atomic mass is 16.6. The number of ether oxygens (including phenoxy) is 1. The second-order valence-corrected chi connectivity index (χ2v) is 5.37. The van der Waals surface area contributed by atoms with Crippen LogP contribution >= 0.6 is 0 Å². The van der Waals surface area contributed by atoms with Crippen LogP contribution in [0.1, 0.15) is 30.0 Å². The van der Waals surface area contributed by atoms with Crippen molar-refractivity contribution >= 4 is 11.9 Å². The Balaban J connectivity index is 1.68. The molecule has 1 aromatic carbocycles. The normalized spacial score (nSPS) is 17.5. The second-order valence-electron chi connectivity index (χ2n) is 5.37. The zero-order valence-electron chi connectivity index (χ0n) is 12.3. The molecule has 5 nitrogen and oxygen atoms in total. The van der Waals surface area contributed by atoms with Gasteiger partial charge in [0.05, 0.1) is 6.04 Å². The van der Waals surface area contributed by atoms with Crippen LogP contribution in [-0.4, -0.2) is 22.5 Å². The summed E-state index contributed by atoms with van der Waals surface area (Å²) in [5, 5.41) is 0. The van der Waals surface area contributed by atoms with Gasteiger partial charge in [0.15, 0.2) is 0 Å². The van der Waals surface area contributed by atoms with E-state index in [0.717, 1.165) is 24.0 Å². The van der Waals surface area contributed by atoms with E-state index >= 15 is 0 Å². The van der Waals surface area contributed by atoms with Crippen LogP contribution in [-0.2, 0) is 11.3 Å². The highest BCUT2D eigenvalue weighted by molar-refractivity contribution is 5.69. The third-order valence-corrected chi connectivity index (χ3v) is 3.92. The van der Waals surface area contributed by atoms with Gasteiger partial charge in [-0.15, -0.1) is 0 Å². The van der Waals surface area contributed by atoms with E-state index in [0.29, 0.717) is 12.4 Å². The fraction of sp³-hybridized carbons (Fsp3) is 0.294. The molecule has 0 bridgehead atoms. The van der Waals surface area contributed by atoms with Gasteiger partial charge < -0.3 is 15.4 Å². The van der Waals surface area contributed by atoms with Gasteiger partial charge in [0.1, 0.15) is 12.4 Å². The molecule has 3 rings (SSSR count). The fourth-order valence-corrected chi connectivity index (χ4v) is 2.82. The van der Waals surface area contributed by atoms with E-state index in [1.165, 1.54) is 0 Å². The zero-order chi connectivity index (χ0) is 15.4. The second kappa shape index (κ2) is 6.47. The summed E-state index contributed by atoms with van der Waals surface area (Å²) >= 11 is 0. The molecule has 1 unspecified atom stereocenters. The molecule has 2 heterocycles. The van der Waals surface area contributed by atoms with Crippen molar-refractivity contribution in [2.24, 2.45) is 0 Å². The number of hydrogen-bond acceptors (Lipinski definition) is 4. The molecule has 1 atom stereocenters. The molecule has 1 aliphatic heterocycles. The molecule has 1 aliphatic rings. The van der Waals surface area contributed by atoms with Crippen molar-refractivity contribution < 1.29 is 9.53 Å².